The molecule has 0 spiro atoms. The normalized spacial score (nSPS) is 20.3. The predicted molar refractivity (Wildman–Crippen MR) is 103 cm³/mol. The Labute approximate surface area is 151 Å². The number of aliphatic imine (C=N–C) groups is 1. The minimum atomic E-state index is -0.115. The van der Waals surface area contributed by atoms with Crippen molar-refractivity contribution in [3.8, 4) is 5.75 Å². The van der Waals surface area contributed by atoms with E-state index in [9.17, 15) is 5.11 Å². The number of hydrogen-bond acceptors (Lipinski definition) is 4. The summed E-state index contributed by atoms with van der Waals surface area (Å²) in [5.41, 5.74) is 4.38. The molecule has 25 heavy (non-hydrogen) atoms. The quantitative estimate of drug-likeness (QED) is 0.701. The van der Waals surface area contributed by atoms with E-state index in [1.54, 1.807) is 17.4 Å². The van der Waals surface area contributed by atoms with Crippen LogP contribution in [0.1, 0.15) is 40.2 Å². The molecular weight excluding hydrogens is 328 g/mol. The van der Waals surface area contributed by atoms with Gasteiger partial charge in [0.2, 0.25) is 0 Å². The van der Waals surface area contributed by atoms with Gasteiger partial charge in [-0.05, 0) is 30.0 Å². The summed E-state index contributed by atoms with van der Waals surface area (Å²) in [6.45, 7) is 2.09. The second-order valence-electron chi connectivity index (χ2n) is 6.35. The number of nitrogens with one attached hydrogen (secondary N) is 1. The molecule has 0 fully saturated rings. The molecule has 1 aromatic heterocycles. The number of para-hydroxylation sites is 1. The zero-order valence-electron chi connectivity index (χ0n) is 14.0. The Morgan fingerprint density at radius 2 is 1.84 bits per heavy atom. The molecule has 1 aliphatic rings. The molecule has 0 bridgehead atoms. The van der Waals surface area contributed by atoms with E-state index < -0.39 is 0 Å². The third-order valence-electron chi connectivity index (χ3n) is 4.55. The number of hydrogen-bond donors (Lipinski definition) is 2. The number of benzene rings is 2. The highest BCUT2D eigenvalue weighted by molar-refractivity contribution is 7.12. The van der Waals surface area contributed by atoms with E-state index in [0.29, 0.717) is 5.75 Å². The standard InChI is InChI=1S/C21H20N2OS/c1-14-8-10-15(11-9-14)21-22-17(16-5-2-3-6-19(16)24)13-18(23-21)20-7-4-12-25-20/h2-12,17,21-22,24H,13H2,1H3/t17-,21+/m0/s1. The van der Waals surface area contributed by atoms with Crippen LogP contribution in [-0.4, -0.2) is 10.8 Å². The number of phenolic OH excluding ortho intramolecular Hbond substituents is 1. The van der Waals surface area contributed by atoms with Gasteiger partial charge in [0.1, 0.15) is 11.9 Å². The second kappa shape index (κ2) is 6.82. The fourth-order valence-electron chi connectivity index (χ4n) is 3.20. The lowest BCUT2D eigenvalue weighted by Gasteiger charge is -2.30. The van der Waals surface area contributed by atoms with E-state index in [2.05, 4.69) is 54.0 Å². The van der Waals surface area contributed by atoms with Crippen molar-refractivity contribution in [3.63, 3.8) is 0 Å². The molecule has 2 atom stereocenters. The molecule has 4 rings (SSSR count). The molecule has 2 N–H and O–H groups in total. The summed E-state index contributed by atoms with van der Waals surface area (Å²) >= 11 is 1.71. The van der Waals surface area contributed by atoms with Gasteiger partial charge in [-0.2, -0.15) is 0 Å². The largest absolute Gasteiger partial charge is 0.508 e. The molecule has 0 saturated carbocycles. The SMILES string of the molecule is Cc1ccc([C@H]2N=C(c3cccs3)C[C@@H](c3ccccc3O)N2)cc1. The van der Waals surface area contributed by atoms with Crippen molar-refractivity contribution in [2.75, 3.05) is 0 Å². The number of thiophene rings is 1. The maximum absolute atomic E-state index is 10.3. The first-order chi connectivity index (χ1) is 12.2. The minimum absolute atomic E-state index is 0.0297. The number of nitrogens with zero attached hydrogens (tertiary/aromatic N) is 1. The molecule has 0 amide bonds. The Morgan fingerprint density at radius 3 is 2.56 bits per heavy atom. The molecule has 0 radical (unpaired) electrons. The van der Waals surface area contributed by atoms with E-state index in [1.807, 2.05) is 18.2 Å². The molecule has 2 aromatic carbocycles. The molecule has 0 unspecified atom stereocenters. The summed E-state index contributed by atoms with van der Waals surface area (Å²) < 4.78 is 0. The number of aryl methyl sites for hydroxylation is 1. The molecule has 0 saturated heterocycles. The van der Waals surface area contributed by atoms with Crippen LogP contribution in [-0.2, 0) is 0 Å². The van der Waals surface area contributed by atoms with Crippen molar-refractivity contribution in [1.29, 1.82) is 0 Å². The van der Waals surface area contributed by atoms with E-state index >= 15 is 0 Å². The van der Waals surface area contributed by atoms with Crippen molar-refractivity contribution >= 4 is 17.0 Å². The van der Waals surface area contributed by atoms with Crippen LogP contribution >= 0.6 is 11.3 Å². The molecule has 3 aromatic rings. The Kier molecular flexibility index (Phi) is 4.38. The molecular formula is C21H20N2OS. The predicted octanol–water partition coefficient (Wildman–Crippen LogP) is 4.98. The van der Waals surface area contributed by atoms with Crippen LogP contribution < -0.4 is 5.32 Å². The van der Waals surface area contributed by atoms with Crippen molar-refractivity contribution < 1.29 is 5.11 Å². The smallest absolute Gasteiger partial charge is 0.126 e. The van der Waals surface area contributed by atoms with Gasteiger partial charge in [0, 0.05) is 22.9 Å². The average Bonchev–Trinajstić information content (AvgIpc) is 3.17. The summed E-state index contributed by atoms with van der Waals surface area (Å²) in [5.74, 6) is 0.329. The van der Waals surface area contributed by atoms with Gasteiger partial charge in [-0.1, -0.05) is 54.1 Å². The first-order valence-corrected chi connectivity index (χ1v) is 9.30. The Morgan fingerprint density at radius 1 is 1.04 bits per heavy atom. The summed E-state index contributed by atoms with van der Waals surface area (Å²) in [6.07, 6.45) is 0.650. The van der Waals surface area contributed by atoms with Gasteiger partial charge in [-0.25, -0.2) is 0 Å². The Balaban J connectivity index is 1.74. The lowest BCUT2D eigenvalue weighted by atomic mass is 9.96. The van der Waals surface area contributed by atoms with Crippen molar-refractivity contribution in [2.24, 2.45) is 4.99 Å². The highest BCUT2D eigenvalue weighted by Gasteiger charge is 2.27. The van der Waals surface area contributed by atoms with Gasteiger partial charge in [0.25, 0.3) is 0 Å². The van der Waals surface area contributed by atoms with Crippen LogP contribution in [0.5, 0.6) is 5.75 Å². The summed E-state index contributed by atoms with van der Waals surface area (Å²) in [4.78, 5) is 6.16. The van der Waals surface area contributed by atoms with E-state index in [0.717, 1.165) is 23.3 Å². The van der Waals surface area contributed by atoms with Gasteiger partial charge in [-0.15, -0.1) is 11.3 Å². The first-order valence-electron chi connectivity index (χ1n) is 8.42. The highest BCUT2D eigenvalue weighted by atomic mass is 32.1. The summed E-state index contributed by atoms with van der Waals surface area (Å²) in [6, 6.07) is 20.2. The van der Waals surface area contributed by atoms with Gasteiger partial charge in [0.15, 0.2) is 0 Å². The van der Waals surface area contributed by atoms with Crippen molar-refractivity contribution in [1.82, 2.24) is 5.32 Å². The Hall–Kier alpha value is -2.43. The maximum atomic E-state index is 10.3. The van der Waals surface area contributed by atoms with Gasteiger partial charge < -0.3 is 5.11 Å². The van der Waals surface area contributed by atoms with Crippen LogP contribution in [0, 0.1) is 6.92 Å². The lowest BCUT2D eigenvalue weighted by Crippen LogP contribution is -2.32. The van der Waals surface area contributed by atoms with Crippen molar-refractivity contribution in [2.45, 2.75) is 25.6 Å². The Bertz CT molecular complexity index is 885. The van der Waals surface area contributed by atoms with E-state index in [-0.39, 0.29) is 12.2 Å². The average molecular weight is 348 g/mol. The molecule has 1 aliphatic heterocycles. The van der Waals surface area contributed by atoms with Crippen LogP contribution in [0.25, 0.3) is 0 Å². The monoisotopic (exact) mass is 348 g/mol. The third-order valence-corrected chi connectivity index (χ3v) is 5.47. The molecule has 3 nitrogen and oxygen atoms in total. The van der Waals surface area contributed by atoms with Gasteiger partial charge in [-0.3, -0.25) is 10.3 Å². The zero-order valence-corrected chi connectivity index (χ0v) is 14.8. The molecule has 4 heteroatoms. The molecule has 126 valence electrons. The lowest BCUT2D eigenvalue weighted by molar-refractivity contribution is 0.413. The zero-order chi connectivity index (χ0) is 17.2. The fourth-order valence-corrected chi connectivity index (χ4v) is 3.93. The van der Waals surface area contributed by atoms with Gasteiger partial charge in [0.05, 0.1) is 5.71 Å². The van der Waals surface area contributed by atoms with E-state index in [1.165, 1.54) is 10.4 Å². The molecule has 2 heterocycles. The number of phenols is 1. The second-order valence-corrected chi connectivity index (χ2v) is 7.30. The van der Waals surface area contributed by atoms with Crippen LogP contribution in [0.15, 0.2) is 71.0 Å². The van der Waals surface area contributed by atoms with Crippen LogP contribution in [0.4, 0.5) is 0 Å². The third kappa shape index (κ3) is 3.36. The highest BCUT2D eigenvalue weighted by Crippen LogP contribution is 2.34. The summed E-state index contributed by atoms with van der Waals surface area (Å²) in [7, 11) is 0. The number of rotatable bonds is 3. The van der Waals surface area contributed by atoms with Crippen LogP contribution in [0.3, 0.4) is 0 Å². The van der Waals surface area contributed by atoms with Crippen molar-refractivity contribution in [3.05, 3.63) is 87.6 Å². The fraction of sp³-hybridized carbons (Fsp3) is 0.190. The first kappa shape index (κ1) is 16.1. The number of aromatic hydroxyl groups is 1. The molecule has 0 aliphatic carbocycles. The van der Waals surface area contributed by atoms with Gasteiger partial charge >= 0.3 is 0 Å². The maximum Gasteiger partial charge on any atom is 0.126 e. The minimum Gasteiger partial charge on any atom is -0.508 e. The topological polar surface area (TPSA) is 44.6 Å². The van der Waals surface area contributed by atoms with Crippen LogP contribution in [0.2, 0.25) is 0 Å². The van der Waals surface area contributed by atoms with E-state index in [4.69, 9.17) is 4.99 Å². The summed E-state index contributed by atoms with van der Waals surface area (Å²) in [5, 5.41) is 16.0.